The summed E-state index contributed by atoms with van der Waals surface area (Å²) in [5, 5.41) is 11.0. The van der Waals surface area contributed by atoms with Gasteiger partial charge in [0, 0.05) is 87.6 Å². The molecule has 328 valence electrons. The van der Waals surface area contributed by atoms with E-state index in [0.29, 0.717) is 5.75 Å². The fraction of sp³-hybridized carbons (Fsp3) is 0.0667. The van der Waals surface area contributed by atoms with Crippen molar-refractivity contribution in [2.45, 2.75) is 19.3 Å². The summed E-state index contributed by atoms with van der Waals surface area (Å²) in [6.45, 7) is 0. The molecule has 0 fully saturated rings. The van der Waals surface area contributed by atoms with Gasteiger partial charge in [0.05, 0.1) is 0 Å². The summed E-state index contributed by atoms with van der Waals surface area (Å²) in [7, 11) is 2.15. The Hall–Kier alpha value is -8.68. The number of aromatic nitrogens is 1. The molecule has 0 unspecified atom stereocenters. The maximum atomic E-state index is 8.63. The fourth-order valence-corrected chi connectivity index (χ4v) is 8.56. The number of hydrogen-bond acceptors (Lipinski definition) is 6. The monoisotopic (exact) mass is 875 g/mol. The van der Waals surface area contributed by atoms with Crippen LogP contribution in [0.5, 0.6) is 34.5 Å². The molecule has 0 saturated heterocycles. The molecular weight excluding hydrogens is 827 g/mol. The maximum Gasteiger partial charge on any atom is 0.129 e. The number of ether oxygens (including phenoxy) is 3. The molecule has 0 saturated carbocycles. The normalized spacial score (nSPS) is 12.9. The molecule has 9 aromatic rings. The first-order valence-electron chi connectivity index (χ1n) is 22.6. The van der Waals surface area contributed by atoms with Crippen molar-refractivity contribution in [1.82, 2.24) is 4.57 Å². The molecule has 11 rings (SSSR count). The predicted molar refractivity (Wildman–Crippen MR) is 273 cm³/mol. The van der Waals surface area contributed by atoms with E-state index in [1.54, 1.807) is 24.3 Å². The maximum absolute atomic E-state index is 8.63. The second-order valence-electron chi connectivity index (χ2n) is 16.3. The van der Waals surface area contributed by atoms with Gasteiger partial charge in [-0.2, -0.15) is 0 Å². The highest BCUT2D eigenvalue weighted by molar-refractivity contribution is 6.10. The number of anilines is 4. The first-order chi connectivity index (χ1) is 33.0. The third-order valence-electron chi connectivity index (χ3n) is 11.7. The van der Waals surface area contributed by atoms with Crippen molar-refractivity contribution in [3.63, 3.8) is 0 Å². The van der Waals surface area contributed by atoms with Crippen LogP contribution in [-0.2, 0) is 7.05 Å². The van der Waals surface area contributed by atoms with Crippen LogP contribution >= 0.6 is 0 Å². The third-order valence-corrected chi connectivity index (χ3v) is 11.7. The second kappa shape index (κ2) is 19.6. The predicted octanol–water partition coefficient (Wildman–Crippen LogP) is 16.1. The van der Waals surface area contributed by atoms with Gasteiger partial charge in [-0.05, 0) is 128 Å². The molecule has 0 radical (unpaired) electrons. The van der Waals surface area contributed by atoms with Crippen LogP contribution in [0.25, 0.3) is 21.8 Å². The number of phenols is 1. The molecule has 0 atom stereocenters. The smallest absolute Gasteiger partial charge is 0.129 e. The van der Waals surface area contributed by atoms with E-state index in [2.05, 4.69) is 112 Å². The van der Waals surface area contributed by atoms with Crippen molar-refractivity contribution < 1.29 is 19.3 Å². The van der Waals surface area contributed by atoms with Crippen LogP contribution in [0.3, 0.4) is 0 Å². The molecule has 8 aromatic carbocycles. The molecule has 0 amide bonds. The van der Waals surface area contributed by atoms with E-state index in [0.717, 1.165) is 104 Å². The third kappa shape index (κ3) is 9.72. The van der Waals surface area contributed by atoms with Crippen LogP contribution < -0.4 is 24.0 Å². The number of para-hydroxylation sites is 4. The van der Waals surface area contributed by atoms with Gasteiger partial charge in [0.1, 0.15) is 40.3 Å². The van der Waals surface area contributed by atoms with Gasteiger partial charge in [0.2, 0.25) is 0 Å². The van der Waals surface area contributed by atoms with Crippen molar-refractivity contribution in [3.8, 4) is 34.5 Å². The molecule has 67 heavy (non-hydrogen) atoms. The quantitative estimate of drug-likeness (QED) is 0.132. The molecule has 0 aliphatic heterocycles. The highest BCUT2D eigenvalue weighted by Gasteiger charge is 2.22. The van der Waals surface area contributed by atoms with Gasteiger partial charge in [0.15, 0.2) is 0 Å². The molecular formula is C60H49N3O4. The van der Waals surface area contributed by atoms with Crippen molar-refractivity contribution >= 4 is 44.6 Å². The van der Waals surface area contributed by atoms with Gasteiger partial charge in [-0.15, -0.1) is 0 Å². The number of phenolic OH excluding ortho intramolecular Hbond substituents is 1. The van der Waals surface area contributed by atoms with Crippen LogP contribution in [0, 0.1) is 0 Å². The van der Waals surface area contributed by atoms with E-state index in [1.807, 2.05) is 121 Å². The van der Waals surface area contributed by atoms with Gasteiger partial charge < -0.3 is 33.7 Å². The molecule has 1 N–H and O–H groups in total. The zero-order valence-electron chi connectivity index (χ0n) is 37.2. The van der Waals surface area contributed by atoms with Crippen LogP contribution in [0.2, 0.25) is 0 Å². The Balaban J connectivity index is 0.000000689. The number of hydrogen-bond donors (Lipinski definition) is 1. The zero-order valence-corrected chi connectivity index (χ0v) is 37.2. The van der Waals surface area contributed by atoms with Crippen LogP contribution in [0.4, 0.5) is 22.7 Å². The summed E-state index contributed by atoms with van der Waals surface area (Å²) in [5.74, 6) is 5.19. The van der Waals surface area contributed by atoms with Gasteiger partial charge in [-0.3, -0.25) is 0 Å². The molecule has 7 nitrogen and oxygen atoms in total. The highest BCUT2D eigenvalue weighted by Crippen LogP contribution is 2.43. The lowest BCUT2D eigenvalue weighted by atomic mass is 10.1. The average Bonchev–Trinajstić information content (AvgIpc) is 3.99. The first kappa shape index (κ1) is 42.3. The number of allylic oxidation sites excluding steroid dienone is 6. The highest BCUT2D eigenvalue weighted by atomic mass is 16.5. The van der Waals surface area contributed by atoms with E-state index in [1.165, 1.54) is 5.39 Å². The Kier molecular flexibility index (Phi) is 12.4. The van der Waals surface area contributed by atoms with Gasteiger partial charge in [-0.25, -0.2) is 0 Å². The Morgan fingerprint density at radius 2 is 0.925 bits per heavy atom. The standard InChI is InChI=1S/C54H43N3O3.C6H6O/c1-55-53-32-30-43(56(39-16-11-12-17-39)40-18-13-27-48(34-40)58-45-21-5-2-6-22-45)37-51(53)52-38-44(31-33-54(52)55)57(41-19-14-28-49(35-41)59-46-23-7-3-8-24-46)42-20-15-29-50(36-42)60-47-25-9-4-10-26-47;7-6-4-2-1-3-5-6/h2-11,14-26,28-38H,12-13,27H2,1H3;1-5,7H. The largest absolute Gasteiger partial charge is 0.508 e. The van der Waals surface area contributed by atoms with E-state index in [9.17, 15) is 0 Å². The van der Waals surface area contributed by atoms with Gasteiger partial charge in [-0.1, -0.05) is 103 Å². The SMILES string of the molecule is Cn1c2ccc(N(C3=CCC=C3)C3=CCCC(Oc4ccccc4)=C3)cc2c2cc(N(c3cccc(Oc4ccccc4)c3)c3cccc(Oc4ccccc4)c3)ccc21.Oc1ccccc1. The van der Waals surface area contributed by atoms with Gasteiger partial charge in [0.25, 0.3) is 0 Å². The Labute approximate surface area is 391 Å². The van der Waals surface area contributed by atoms with E-state index in [-0.39, 0.29) is 0 Å². The Morgan fingerprint density at radius 3 is 1.42 bits per heavy atom. The van der Waals surface area contributed by atoms with Crippen LogP contribution in [0.15, 0.2) is 254 Å². The lowest BCUT2D eigenvalue weighted by Crippen LogP contribution is -2.21. The number of fused-ring (bicyclic) bond motifs is 3. The Morgan fingerprint density at radius 1 is 0.448 bits per heavy atom. The number of nitrogens with zero attached hydrogens (tertiary/aromatic N) is 3. The second-order valence-corrected chi connectivity index (χ2v) is 16.3. The number of benzene rings is 8. The lowest BCUT2D eigenvalue weighted by Gasteiger charge is -2.29. The molecule has 0 bridgehead atoms. The van der Waals surface area contributed by atoms with Crippen molar-refractivity contribution in [3.05, 3.63) is 254 Å². The Bertz CT molecular complexity index is 3180. The summed E-state index contributed by atoms with van der Waals surface area (Å²) in [4.78, 5) is 4.63. The molecule has 2 aliphatic rings. The number of rotatable bonds is 12. The summed E-state index contributed by atoms with van der Waals surface area (Å²) in [5.41, 5.74) is 8.57. The van der Waals surface area contributed by atoms with E-state index < -0.39 is 0 Å². The van der Waals surface area contributed by atoms with Crippen molar-refractivity contribution in [2.75, 3.05) is 9.80 Å². The summed E-state index contributed by atoms with van der Waals surface area (Å²) in [6.07, 6.45) is 13.9. The fourth-order valence-electron chi connectivity index (χ4n) is 8.56. The van der Waals surface area contributed by atoms with Gasteiger partial charge >= 0.3 is 0 Å². The summed E-state index contributed by atoms with van der Waals surface area (Å²) in [6, 6.07) is 68.6. The zero-order chi connectivity index (χ0) is 45.4. The minimum atomic E-state index is 0.322. The van der Waals surface area contributed by atoms with Crippen LogP contribution in [0.1, 0.15) is 19.3 Å². The van der Waals surface area contributed by atoms with Crippen LogP contribution in [-0.4, -0.2) is 9.67 Å². The minimum absolute atomic E-state index is 0.322. The molecule has 7 heteroatoms. The average molecular weight is 876 g/mol. The minimum Gasteiger partial charge on any atom is -0.508 e. The topological polar surface area (TPSA) is 59.3 Å². The number of aryl methyl sites for hydroxylation is 1. The molecule has 1 aromatic heterocycles. The summed E-state index contributed by atoms with van der Waals surface area (Å²) >= 11 is 0. The van der Waals surface area contributed by atoms with E-state index >= 15 is 0 Å². The number of aromatic hydroxyl groups is 1. The molecule has 0 spiro atoms. The molecule has 1 heterocycles. The summed E-state index contributed by atoms with van der Waals surface area (Å²) < 4.78 is 21.4. The molecule has 2 aliphatic carbocycles. The van der Waals surface area contributed by atoms with Crippen molar-refractivity contribution in [2.24, 2.45) is 7.05 Å². The van der Waals surface area contributed by atoms with E-state index in [4.69, 9.17) is 19.3 Å². The van der Waals surface area contributed by atoms with Crippen molar-refractivity contribution in [1.29, 1.82) is 0 Å². The first-order valence-corrected chi connectivity index (χ1v) is 22.6. The lowest BCUT2D eigenvalue weighted by molar-refractivity contribution is 0.401.